The molecule has 1 aromatic heterocycles. The van der Waals surface area contributed by atoms with E-state index < -0.39 is 0 Å². The number of carbonyl (C=O) groups excluding carboxylic acids is 1. The largest absolute Gasteiger partial charge is 0.490 e. The lowest BCUT2D eigenvalue weighted by Gasteiger charge is -2.32. The molecule has 2 aliphatic rings. The van der Waals surface area contributed by atoms with Gasteiger partial charge in [0.1, 0.15) is 12.2 Å². The summed E-state index contributed by atoms with van der Waals surface area (Å²) in [5, 5.41) is 8.17. The van der Waals surface area contributed by atoms with Gasteiger partial charge in [-0.1, -0.05) is 0 Å². The van der Waals surface area contributed by atoms with E-state index in [0.717, 1.165) is 31.6 Å². The minimum atomic E-state index is 0.0301. The van der Waals surface area contributed by atoms with Crippen molar-refractivity contribution in [1.82, 2.24) is 19.7 Å². The van der Waals surface area contributed by atoms with Gasteiger partial charge in [-0.05, 0) is 31.0 Å². The molecule has 0 spiro atoms. The molecule has 2 aromatic rings. The summed E-state index contributed by atoms with van der Waals surface area (Å²) in [5.74, 6) is 2.57. The minimum Gasteiger partial charge on any atom is -0.490 e. The number of aryl methyl sites for hydroxylation is 1. The van der Waals surface area contributed by atoms with Crippen molar-refractivity contribution in [3.05, 3.63) is 35.9 Å². The second-order valence-corrected chi connectivity index (χ2v) is 6.60. The fourth-order valence-corrected chi connectivity index (χ4v) is 3.51. The lowest BCUT2D eigenvalue weighted by Crippen LogP contribution is -2.39. The molecule has 7 heteroatoms. The number of ether oxygens (including phenoxy) is 2. The first-order valence-corrected chi connectivity index (χ1v) is 8.75. The lowest BCUT2D eigenvalue weighted by molar-refractivity contribution is 0.0703. The summed E-state index contributed by atoms with van der Waals surface area (Å²) < 4.78 is 13.3. The van der Waals surface area contributed by atoms with Crippen LogP contribution in [0.3, 0.4) is 0 Å². The number of benzene rings is 1. The number of amides is 1. The number of aromatic nitrogens is 3. The molecule has 0 bridgehead atoms. The third-order valence-electron chi connectivity index (χ3n) is 4.81. The molecule has 132 valence electrons. The van der Waals surface area contributed by atoms with E-state index in [9.17, 15) is 4.79 Å². The number of piperidine rings is 1. The monoisotopic (exact) mass is 342 g/mol. The number of hydrogen-bond donors (Lipinski definition) is 0. The zero-order valence-corrected chi connectivity index (χ0v) is 14.4. The summed E-state index contributed by atoms with van der Waals surface area (Å²) in [6.07, 6.45) is 4.55. The third-order valence-corrected chi connectivity index (χ3v) is 4.81. The quantitative estimate of drug-likeness (QED) is 0.835. The van der Waals surface area contributed by atoms with Gasteiger partial charge >= 0.3 is 0 Å². The highest BCUT2D eigenvalue weighted by molar-refractivity contribution is 5.95. The number of hydrogen-bond acceptors (Lipinski definition) is 5. The van der Waals surface area contributed by atoms with E-state index >= 15 is 0 Å². The summed E-state index contributed by atoms with van der Waals surface area (Å²) >= 11 is 0. The first-order valence-electron chi connectivity index (χ1n) is 8.75. The van der Waals surface area contributed by atoms with E-state index in [0.29, 0.717) is 36.8 Å². The number of likely N-dealkylation sites (tertiary alicyclic amines) is 1. The molecule has 0 radical (unpaired) electrons. The first kappa shape index (κ1) is 15.9. The molecule has 0 N–H and O–H groups in total. The number of nitrogens with zero attached hydrogens (tertiary/aromatic N) is 4. The van der Waals surface area contributed by atoms with Crippen LogP contribution in [0.2, 0.25) is 0 Å². The molecule has 1 aromatic carbocycles. The van der Waals surface area contributed by atoms with Crippen LogP contribution in [0.5, 0.6) is 11.5 Å². The standard InChI is InChI=1S/C18H22N4O3/c1-21-12-19-20-17(21)14-4-2-7-22(11-14)18(23)13-5-6-15-16(10-13)25-9-3-8-24-15/h5-6,10,12,14H,2-4,7-9,11H2,1H3/t14-/m0/s1. The van der Waals surface area contributed by atoms with Gasteiger partial charge in [0.2, 0.25) is 0 Å². The van der Waals surface area contributed by atoms with Crippen LogP contribution in [-0.2, 0) is 7.05 Å². The average Bonchev–Trinajstić information content (AvgIpc) is 2.93. The van der Waals surface area contributed by atoms with E-state index in [4.69, 9.17) is 9.47 Å². The van der Waals surface area contributed by atoms with E-state index in [-0.39, 0.29) is 11.8 Å². The Morgan fingerprint density at radius 3 is 2.84 bits per heavy atom. The van der Waals surface area contributed by atoms with Crippen molar-refractivity contribution in [2.75, 3.05) is 26.3 Å². The van der Waals surface area contributed by atoms with Crippen molar-refractivity contribution < 1.29 is 14.3 Å². The lowest BCUT2D eigenvalue weighted by atomic mass is 9.96. The molecule has 25 heavy (non-hydrogen) atoms. The topological polar surface area (TPSA) is 69.5 Å². The Bertz CT molecular complexity index is 773. The van der Waals surface area contributed by atoms with Gasteiger partial charge in [0, 0.05) is 38.0 Å². The maximum absolute atomic E-state index is 13.0. The van der Waals surface area contributed by atoms with Crippen molar-refractivity contribution in [2.45, 2.75) is 25.2 Å². The van der Waals surface area contributed by atoms with Crippen LogP contribution < -0.4 is 9.47 Å². The van der Waals surface area contributed by atoms with Gasteiger partial charge in [-0.2, -0.15) is 0 Å². The molecule has 1 fully saturated rings. The smallest absolute Gasteiger partial charge is 0.254 e. The zero-order valence-electron chi connectivity index (χ0n) is 14.4. The Morgan fingerprint density at radius 2 is 2.04 bits per heavy atom. The number of fused-ring (bicyclic) bond motifs is 1. The Hall–Kier alpha value is -2.57. The predicted octanol–water partition coefficient (Wildman–Crippen LogP) is 2.00. The highest BCUT2D eigenvalue weighted by Crippen LogP contribution is 2.32. The maximum Gasteiger partial charge on any atom is 0.254 e. The number of rotatable bonds is 2. The van der Waals surface area contributed by atoms with Gasteiger partial charge in [0.05, 0.1) is 13.2 Å². The van der Waals surface area contributed by atoms with Crippen LogP contribution in [0.15, 0.2) is 24.5 Å². The summed E-state index contributed by atoms with van der Waals surface area (Å²) in [4.78, 5) is 14.9. The van der Waals surface area contributed by atoms with Crippen molar-refractivity contribution in [2.24, 2.45) is 7.05 Å². The first-order chi connectivity index (χ1) is 12.2. The van der Waals surface area contributed by atoms with Gasteiger partial charge in [-0.25, -0.2) is 0 Å². The second-order valence-electron chi connectivity index (χ2n) is 6.60. The summed E-state index contributed by atoms with van der Waals surface area (Å²) in [6, 6.07) is 5.45. The van der Waals surface area contributed by atoms with Crippen molar-refractivity contribution in [3.8, 4) is 11.5 Å². The highest BCUT2D eigenvalue weighted by Gasteiger charge is 2.28. The highest BCUT2D eigenvalue weighted by atomic mass is 16.5. The molecule has 4 rings (SSSR count). The van der Waals surface area contributed by atoms with E-state index in [2.05, 4.69) is 10.2 Å². The van der Waals surface area contributed by atoms with Crippen LogP contribution in [0.1, 0.15) is 41.4 Å². The Balaban J connectivity index is 1.52. The van der Waals surface area contributed by atoms with Gasteiger partial charge in [-0.15, -0.1) is 10.2 Å². The van der Waals surface area contributed by atoms with Crippen LogP contribution in [0.4, 0.5) is 0 Å². The maximum atomic E-state index is 13.0. The van der Waals surface area contributed by atoms with Crippen LogP contribution >= 0.6 is 0 Å². The molecule has 1 amide bonds. The van der Waals surface area contributed by atoms with Crippen molar-refractivity contribution in [1.29, 1.82) is 0 Å². The fraction of sp³-hybridized carbons (Fsp3) is 0.500. The Kier molecular flexibility index (Phi) is 4.29. The van der Waals surface area contributed by atoms with Gasteiger partial charge in [0.25, 0.3) is 5.91 Å². The molecule has 0 aliphatic carbocycles. The second kappa shape index (κ2) is 6.74. The molecule has 2 aliphatic heterocycles. The zero-order chi connectivity index (χ0) is 17.2. The van der Waals surface area contributed by atoms with E-state index in [1.807, 2.05) is 28.6 Å². The van der Waals surface area contributed by atoms with Gasteiger partial charge in [0.15, 0.2) is 11.5 Å². The number of carbonyl (C=O) groups is 1. The summed E-state index contributed by atoms with van der Waals surface area (Å²) in [5.41, 5.74) is 0.642. The van der Waals surface area contributed by atoms with Crippen LogP contribution in [0.25, 0.3) is 0 Å². The van der Waals surface area contributed by atoms with Crippen LogP contribution in [0, 0.1) is 0 Å². The normalized spacial score (nSPS) is 20.2. The predicted molar refractivity (Wildman–Crippen MR) is 90.9 cm³/mol. The molecule has 0 unspecified atom stereocenters. The minimum absolute atomic E-state index is 0.0301. The van der Waals surface area contributed by atoms with Crippen molar-refractivity contribution >= 4 is 5.91 Å². The molecule has 0 saturated carbocycles. The molecular formula is C18H22N4O3. The fourth-order valence-electron chi connectivity index (χ4n) is 3.51. The SMILES string of the molecule is Cn1cnnc1[C@H]1CCCN(C(=O)c2ccc3c(c2)OCCCO3)C1. The third kappa shape index (κ3) is 3.18. The van der Waals surface area contributed by atoms with E-state index in [1.54, 1.807) is 12.4 Å². The van der Waals surface area contributed by atoms with Crippen LogP contribution in [-0.4, -0.2) is 51.9 Å². The molecule has 1 saturated heterocycles. The Labute approximate surface area is 146 Å². The molecule has 7 nitrogen and oxygen atoms in total. The molecule has 1 atom stereocenters. The van der Waals surface area contributed by atoms with Crippen molar-refractivity contribution in [3.63, 3.8) is 0 Å². The summed E-state index contributed by atoms with van der Waals surface area (Å²) in [6.45, 7) is 2.69. The molecular weight excluding hydrogens is 320 g/mol. The van der Waals surface area contributed by atoms with Gasteiger partial charge < -0.3 is 18.9 Å². The summed E-state index contributed by atoms with van der Waals surface area (Å²) in [7, 11) is 1.94. The van der Waals surface area contributed by atoms with E-state index in [1.165, 1.54) is 0 Å². The average molecular weight is 342 g/mol. The Morgan fingerprint density at radius 1 is 1.20 bits per heavy atom. The molecule has 3 heterocycles. The van der Waals surface area contributed by atoms with Gasteiger partial charge in [-0.3, -0.25) is 4.79 Å².